The number of aromatic nitrogens is 1. The molecule has 5 aromatic carbocycles. The van der Waals surface area contributed by atoms with Gasteiger partial charge < -0.3 is 13.9 Å². The predicted octanol–water partition coefficient (Wildman–Crippen LogP) is 8.40. The van der Waals surface area contributed by atoms with E-state index in [2.05, 4.69) is 155 Å². The van der Waals surface area contributed by atoms with Crippen LogP contribution in [0.3, 0.4) is 0 Å². The van der Waals surface area contributed by atoms with Gasteiger partial charge in [-0.05, 0) is 81.4 Å². The maximum Gasteiger partial charge on any atom is 0.494 e. The van der Waals surface area contributed by atoms with Crippen molar-refractivity contribution in [3.63, 3.8) is 0 Å². The molecule has 3 heterocycles. The van der Waals surface area contributed by atoms with E-state index < -0.39 is 23.7 Å². The Morgan fingerprint density at radius 3 is 1.79 bits per heavy atom. The summed E-state index contributed by atoms with van der Waals surface area (Å²) in [5.41, 5.74) is 10.8. The third kappa shape index (κ3) is 3.57. The van der Waals surface area contributed by atoms with E-state index in [1.165, 1.54) is 60.9 Å². The molecule has 4 heteroatoms. The highest BCUT2D eigenvalue weighted by molar-refractivity contribution is 6.62. The molecule has 1 fully saturated rings. The SMILES string of the molecule is Cc1ccc(C2(c3ccc(C)cc3)c3cc(B4OC(C)(C)C(C)(C)O4)ccc3-n3c4ccccc4c4cccc2c43)cc1. The highest BCUT2D eigenvalue weighted by Crippen LogP contribution is 2.54. The van der Waals surface area contributed by atoms with E-state index in [0.717, 1.165) is 5.46 Å². The van der Waals surface area contributed by atoms with E-state index in [0.29, 0.717) is 0 Å². The molecule has 0 spiro atoms. The van der Waals surface area contributed by atoms with Gasteiger partial charge in [0.1, 0.15) is 0 Å². The van der Waals surface area contributed by atoms with Crippen molar-refractivity contribution in [2.24, 2.45) is 0 Å². The molecular formula is C39H36BNO2. The molecule has 6 aromatic rings. The Hall–Kier alpha value is -4.12. The summed E-state index contributed by atoms with van der Waals surface area (Å²) in [5.74, 6) is 0. The minimum absolute atomic E-state index is 0.423. The zero-order valence-electron chi connectivity index (χ0n) is 25.7. The third-order valence-corrected chi connectivity index (χ3v) is 10.3. The van der Waals surface area contributed by atoms with E-state index in [4.69, 9.17) is 9.31 Å². The number of para-hydroxylation sites is 2. The van der Waals surface area contributed by atoms with Gasteiger partial charge >= 0.3 is 7.12 Å². The molecule has 212 valence electrons. The van der Waals surface area contributed by atoms with Crippen LogP contribution in [0.15, 0.2) is 109 Å². The van der Waals surface area contributed by atoms with Crippen LogP contribution < -0.4 is 5.46 Å². The van der Waals surface area contributed by atoms with Crippen molar-refractivity contribution in [2.45, 2.75) is 58.2 Å². The normalized spacial score (nSPS) is 17.9. The van der Waals surface area contributed by atoms with Crippen LogP contribution in [-0.4, -0.2) is 22.9 Å². The van der Waals surface area contributed by atoms with Gasteiger partial charge in [0.25, 0.3) is 0 Å². The zero-order chi connectivity index (χ0) is 29.7. The summed E-state index contributed by atoms with van der Waals surface area (Å²) in [5, 5.41) is 2.54. The maximum atomic E-state index is 6.61. The second-order valence-corrected chi connectivity index (χ2v) is 13.4. The van der Waals surface area contributed by atoms with Gasteiger partial charge in [0, 0.05) is 10.8 Å². The summed E-state index contributed by atoms with van der Waals surface area (Å²) in [6, 6.07) is 40.7. The maximum absolute atomic E-state index is 6.61. The first-order valence-corrected chi connectivity index (χ1v) is 15.3. The Bertz CT molecular complexity index is 1990. The summed E-state index contributed by atoms with van der Waals surface area (Å²) in [7, 11) is -0.456. The van der Waals surface area contributed by atoms with Crippen molar-refractivity contribution in [1.82, 2.24) is 4.57 Å². The second kappa shape index (κ2) is 8.95. The molecule has 43 heavy (non-hydrogen) atoms. The van der Waals surface area contributed by atoms with Crippen molar-refractivity contribution < 1.29 is 9.31 Å². The predicted molar refractivity (Wildman–Crippen MR) is 178 cm³/mol. The molecule has 0 amide bonds. The van der Waals surface area contributed by atoms with E-state index in [9.17, 15) is 0 Å². The van der Waals surface area contributed by atoms with Crippen LogP contribution in [0.25, 0.3) is 27.5 Å². The van der Waals surface area contributed by atoms with Crippen molar-refractivity contribution in [3.8, 4) is 5.69 Å². The fourth-order valence-electron chi connectivity index (χ4n) is 7.29. The van der Waals surface area contributed by atoms with Gasteiger partial charge in [-0.25, -0.2) is 0 Å². The largest absolute Gasteiger partial charge is 0.494 e. The number of hydrogen-bond acceptors (Lipinski definition) is 2. The average molecular weight is 562 g/mol. The molecule has 0 radical (unpaired) electrons. The lowest BCUT2D eigenvalue weighted by Crippen LogP contribution is -2.41. The van der Waals surface area contributed by atoms with Gasteiger partial charge in [-0.2, -0.15) is 0 Å². The Labute approximate surface area is 254 Å². The first-order valence-electron chi connectivity index (χ1n) is 15.3. The number of rotatable bonds is 3. The molecule has 2 aliphatic rings. The van der Waals surface area contributed by atoms with Crippen molar-refractivity contribution in [3.05, 3.63) is 143 Å². The molecule has 0 aliphatic carbocycles. The number of benzene rings is 5. The smallest absolute Gasteiger partial charge is 0.399 e. The summed E-state index contributed by atoms with van der Waals surface area (Å²) in [6.07, 6.45) is 0. The van der Waals surface area contributed by atoms with Crippen LogP contribution in [0.5, 0.6) is 0 Å². The Morgan fingerprint density at radius 2 is 1.16 bits per heavy atom. The summed E-state index contributed by atoms with van der Waals surface area (Å²) < 4.78 is 15.7. The molecular weight excluding hydrogens is 525 g/mol. The lowest BCUT2D eigenvalue weighted by atomic mass is 9.61. The van der Waals surface area contributed by atoms with Gasteiger partial charge in [-0.1, -0.05) is 108 Å². The molecule has 0 N–H and O–H groups in total. The fourth-order valence-corrected chi connectivity index (χ4v) is 7.29. The molecule has 0 atom stereocenters. The summed E-state index contributed by atoms with van der Waals surface area (Å²) >= 11 is 0. The monoisotopic (exact) mass is 561 g/mol. The Kier molecular flexibility index (Phi) is 5.52. The van der Waals surface area contributed by atoms with Gasteiger partial charge in [0.05, 0.1) is 33.3 Å². The molecule has 1 saturated heterocycles. The first-order chi connectivity index (χ1) is 20.6. The lowest BCUT2D eigenvalue weighted by Gasteiger charge is -2.42. The standard InChI is InChI=1S/C39H36BNO2/c1-25-14-18-27(19-15-25)39(28-20-16-26(2)17-21-28)32-12-9-11-31-30-10-7-8-13-34(30)41(36(31)32)35-23-22-29(24-33(35)39)40-42-37(3,4)38(5,6)43-40/h7-24H,1-6H3. The van der Waals surface area contributed by atoms with Crippen LogP contribution in [0.2, 0.25) is 0 Å². The van der Waals surface area contributed by atoms with Gasteiger partial charge in [0.2, 0.25) is 0 Å². The molecule has 0 saturated carbocycles. The van der Waals surface area contributed by atoms with Crippen LogP contribution in [0.4, 0.5) is 0 Å². The molecule has 3 nitrogen and oxygen atoms in total. The number of aryl methyl sites for hydroxylation is 2. The van der Waals surface area contributed by atoms with Crippen LogP contribution >= 0.6 is 0 Å². The van der Waals surface area contributed by atoms with Crippen LogP contribution in [0, 0.1) is 13.8 Å². The van der Waals surface area contributed by atoms with Crippen LogP contribution in [0.1, 0.15) is 61.1 Å². The number of fused-ring (bicyclic) bond motifs is 5. The van der Waals surface area contributed by atoms with E-state index in [1.807, 2.05) is 0 Å². The Morgan fingerprint density at radius 1 is 0.581 bits per heavy atom. The summed E-state index contributed by atoms with van der Waals surface area (Å²) in [4.78, 5) is 0. The minimum atomic E-state index is -0.555. The van der Waals surface area contributed by atoms with E-state index in [1.54, 1.807) is 0 Å². The number of hydrogen-bond donors (Lipinski definition) is 0. The fraction of sp³-hybridized carbons (Fsp3) is 0.231. The number of nitrogens with zero attached hydrogens (tertiary/aromatic N) is 1. The van der Waals surface area contributed by atoms with E-state index >= 15 is 0 Å². The molecule has 1 aromatic heterocycles. The highest BCUT2D eigenvalue weighted by atomic mass is 16.7. The molecule has 8 rings (SSSR count). The second-order valence-electron chi connectivity index (χ2n) is 13.4. The minimum Gasteiger partial charge on any atom is -0.399 e. The van der Waals surface area contributed by atoms with E-state index in [-0.39, 0.29) is 0 Å². The van der Waals surface area contributed by atoms with Gasteiger partial charge in [-0.3, -0.25) is 0 Å². The highest BCUT2D eigenvalue weighted by Gasteiger charge is 2.53. The van der Waals surface area contributed by atoms with Crippen molar-refractivity contribution in [2.75, 3.05) is 0 Å². The topological polar surface area (TPSA) is 23.4 Å². The molecule has 0 bridgehead atoms. The third-order valence-electron chi connectivity index (χ3n) is 10.3. The molecule has 0 unspecified atom stereocenters. The van der Waals surface area contributed by atoms with Gasteiger partial charge in [-0.15, -0.1) is 0 Å². The average Bonchev–Trinajstić information content (AvgIpc) is 3.45. The Balaban J connectivity index is 1.54. The van der Waals surface area contributed by atoms with Crippen molar-refractivity contribution >= 4 is 34.4 Å². The quantitative estimate of drug-likeness (QED) is 0.202. The van der Waals surface area contributed by atoms with Crippen LogP contribution in [-0.2, 0) is 14.7 Å². The van der Waals surface area contributed by atoms with Crippen molar-refractivity contribution in [1.29, 1.82) is 0 Å². The van der Waals surface area contributed by atoms with Gasteiger partial charge in [0.15, 0.2) is 0 Å². The molecule has 2 aliphatic heterocycles. The summed E-state index contributed by atoms with van der Waals surface area (Å²) in [6.45, 7) is 12.8. The first kappa shape index (κ1) is 26.5. The zero-order valence-corrected chi connectivity index (χ0v) is 25.7. The lowest BCUT2D eigenvalue weighted by molar-refractivity contribution is 0.00578.